The third kappa shape index (κ3) is 3.73. The third-order valence-corrected chi connectivity index (χ3v) is 3.26. The van der Waals surface area contributed by atoms with Gasteiger partial charge in [0, 0.05) is 12.2 Å². The van der Waals surface area contributed by atoms with E-state index in [2.05, 4.69) is 43.2 Å². The molecule has 0 aliphatic heterocycles. The number of benzene rings is 1. The Kier molecular flexibility index (Phi) is 4.99. The van der Waals surface area contributed by atoms with Crippen molar-refractivity contribution in [2.45, 2.75) is 33.2 Å². The van der Waals surface area contributed by atoms with Crippen LogP contribution < -0.4 is 10.1 Å². The fourth-order valence-electron chi connectivity index (χ4n) is 2.00. The number of nitrogens with zero attached hydrogens (tertiary/aromatic N) is 1. The molecule has 2 rings (SSSR count). The van der Waals surface area contributed by atoms with Gasteiger partial charge in [0.15, 0.2) is 0 Å². The largest absolute Gasteiger partial charge is 0.494 e. The zero-order valence-corrected chi connectivity index (χ0v) is 12.4. The van der Waals surface area contributed by atoms with Crippen LogP contribution in [0.5, 0.6) is 5.75 Å². The number of pyridine rings is 1. The number of nitrogens with one attached hydrogen (secondary N) is 1. The van der Waals surface area contributed by atoms with Crippen molar-refractivity contribution in [3.8, 4) is 5.75 Å². The standard InChI is InChI=1S/C17H22N2O/c1-4-11-20-16-7-5-15(6-8-16)14(3)19-17-12-18-10-9-13(17)2/h5-10,12,14,19H,4,11H2,1-3H3. The van der Waals surface area contributed by atoms with Gasteiger partial charge in [-0.2, -0.15) is 0 Å². The smallest absolute Gasteiger partial charge is 0.119 e. The van der Waals surface area contributed by atoms with E-state index in [1.165, 1.54) is 11.1 Å². The van der Waals surface area contributed by atoms with Crippen LogP contribution in [0.2, 0.25) is 0 Å². The van der Waals surface area contributed by atoms with Gasteiger partial charge in [0.25, 0.3) is 0 Å². The lowest BCUT2D eigenvalue weighted by Gasteiger charge is -2.17. The topological polar surface area (TPSA) is 34.1 Å². The van der Waals surface area contributed by atoms with E-state index in [4.69, 9.17) is 4.74 Å². The number of aryl methyl sites for hydroxylation is 1. The summed E-state index contributed by atoms with van der Waals surface area (Å²) in [6.07, 6.45) is 4.70. The van der Waals surface area contributed by atoms with Crippen molar-refractivity contribution in [1.29, 1.82) is 0 Å². The van der Waals surface area contributed by atoms with Crippen molar-refractivity contribution in [1.82, 2.24) is 4.98 Å². The molecule has 20 heavy (non-hydrogen) atoms. The zero-order chi connectivity index (χ0) is 14.4. The fraction of sp³-hybridized carbons (Fsp3) is 0.353. The van der Waals surface area contributed by atoms with Crippen molar-refractivity contribution in [3.05, 3.63) is 53.9 Å². The maximum absolute atomic E-state index is 5.60. The summed E-state index contributed by atoms with van der Waals surface area (Å²) in [6, 6.07) is 10.5. The van der Waals surface area contributed by atoms with E-state index >= 15 is 0 Å². The highest BCUT2D eigenvalue weighted by Crippen LogP contribution is 2.23. The van der Waals surface area contributed by atoms with Crippen molar-refractivity contribution in [2.75, 3.05) is 11.9 Å². The zero-order valence-electron chi connectivity index (χ0n) is 12.4. The van der Waals surface area contributed by atoms with Crippen LogP contribution in [0.1, 0.15) is 37.4 Å². The molecule has 0 amide bonds. The molecule has 1 aromatic heterocycles. The Hall–Kier alpha value is -2.03. The van der Waals surface area contributed by atoms with Crippen molar-refractivity contribution in [2.24, 2.45) is 0 Å². The summed E-state index contributed by atoms with van der Waals surface area (Å²) < 4.78 is 5.60. The second-order valence-corrected chi connectivity index (χ2v) is 4.97. The highest BCUT2D eigenvalue weighted by atomic mass is 16.5. The van der Waals surface area contributed by atoms with Gasteiger partial charge >= 0.3 is 0 Å². The molecule has 3 heteroatoms. The number of aromatic nitrogens is 1. The van der Waals surface area contributed by atoms with Crippen LogP contribution in [0, 0.1) is 6.92 Å². The number of anilines is 1. The molecule has 3 nitrogen and oxygen atoms in total. The Morgan fingerprint density at radius 1 is 1.20 bits per heavy atom. The van der Waals surface area contributed by atoms with Crippen LogP contribution >= 0.6 is 0 Å². The maximum atomic E-state index is 5.60. The van der Waals surface area contributed by atoms with Gasteiger partial charge in [-0.15, -0.1) is 0 Å². The number of ether oxygens (including phenoxy) is 1. The Labute approximate surface area is 121 Å². The van der Waals surface area contributed by atoms with Gasteiger partial charge in [0.2, 0.25) is 0 Å². The predicted octanol–water partition coefficient (Wildman–Crippen LogP) is 4.35. The molecule has 1 atom stereocenters. The highest BCUT2D eigenvalue weighted by Gasteiger charge is 2.07. The minimum Gasteiger partial charge on any atom is -0.494 e. The number of rotatable bonds is 6. The van der Waals surface area contributed by atoms with E-state index < -0.39 is 0 Å². The van der Waals surface area contributed by atoms with Gasteiger partial charge in [0.05, 0.1) is 18.5 Å². The first-order valence-corrected chi connectivity index (χ1v) is 7.10. The molecule has 2 aromatic rings. The molecular weight excluding hydrogens is 248 g/mol. The molecule has 1 unspecified atom stereocenters. The second-order valence-electron chi connectivity index (χ2n) is 4.97. The average Bonchev–Trinajstić information content (AvgIpc) is 2.48. The molecule has 0 aliphatic rings. The Morgan fingerprint density at radius 3 is 2.60 bits per heavy atom. The maximum Gasteiger partial charge on any atom is 0.119 e. The van der Waals surface area contributed by atoms with Crippen LogP contribution in [0.15, 0.2) is 42.7 Å². The summed E-state index contributed by atoms with van der Waals surface area (Å²) in [5.41, 5.74) is 3.51. The van der Waals surface area contributed by atoms with Crippen LogP contribution in [-0.2, 0) is 0 Å². The van der Waals surface area contributed by atoms with Gasteiger partial charge < -0.3 is 10.1 Å². The Morgan fingerprint density at radius 2 is 1.95 bits per heavy atom. The van der Waals surface area contributed by atoms with Crippen LogP contribution in [0.4, 0.5) is 5.69 Å². The van der Waals surface area contributed by atoms with Gasteiger partial charge in [-0.05, 0) is 49.6 Å². The van der Waals surface area contributed by atoms with Gasteiger partial charge in [-0.3, -0.25) is 4.98 Å². The quantitative estimate of drug-likeness (QED) is 0.847. The van der Waals surface area contributed by atoms with E-state index in [0.29, 0.717) is 0 Å². The van der Waals surface area contributed by atoms with Crippen LogP contribution in [0.25, 0.3) is 0 Å². The first kappa shape index (κ1) is 14.4. The van der Waals surface area contributed by atoms with E-state index in [1.54, 1.807) is 0 Å². The van der Waals surface area contributed by atoms with Crippen LogP contribution in [0.3, 0.4) is 0 Å². The lowest BCUT2D eigenvalue weighted by atomic mass is 10.1. The molecule has 0 aliphatic carbocycles. The summed E-state index contributed by atoms with van der Waals surface area (Å²) in [4.78, 5) is 4.16. The monoisotopic (exact) mass is 270 g/mol. The molecule has 0 saturated carbocycles. The van der Waals surface area contributed by atoms with Gasteiger partial charge in [-0.1, -0.05) is 19.1 Å². The second kappa shape index (κ2) is 6.94. The molecule has 106 valence electrons. The normalized spacial score (nSPS) is 11.9. The summed E-state index contributed by atoms with van der Waals surface area (Å²) in [6.45, 7) is 7.10. The molecule has 1 N–H and O–H groups in total. The molecule has 0 spiro atoms. The number of hydrogen-bond donors (Lipinski definition) is 1. The Balaban J connectivity index is 2.02. The summed E-state index contributed by atoms with van der Waals surface area (Å²) in [5.74, 6) is 0.931. The van der Waals surface area contributed by atoms with E-state index in [9.17, 15) is 0 Å². The lowest BCUT2D eigenvalue weighted by molar-refractivity contribution is 0.317. The van der Waals surface area contributed by atoms with E-state index in [1.807, 2.05) is 30.6 Å². The van der Waals surface area contributed by atoms with Crippen molar-refractivity contribution < 1.29 is 4.74 Å². The van der Waals surface area contributed by atoms with E-state index in [0.717, 1.165) is 24.5 Å². The van der Waals surface area contributed by atoms with Crippen molar-refractivity contribution >= 4 is 5.69 Å². The van der Waals surface area contributed by atoms with Crippen LogP contribution in [-0.4, -0.2) is 11.6 Å². The minimum absolute atomic E-state index is 0.234. The molecular formula is C17H22N2O. The van der Waals surface area contributed by atoms with Gasteiger partial charge in [-0.25, -0.2) is 0 Å². The predicted molar refractivity (Wildman–Crippen MR) is 83.2 cm³/mol. The molecule has 0 fully saturated rings. The first-order valence-electron chi connectivity index (χ1n) is 7.10. The van der Waals surface area contributed by atoms with E-state index in [-0.39, 0.29) is 6.04 Å². The van der Waals surface area contributed by atoms with Gasteiger partial charge in [0.1, 0.15) is 5.75 Å². The Bertz CT molecular complexity index is 537. The first-order chi connectivity index (χ1) is 9.70. The molecule has 1 aromatic carbocycles. The molecule has 0 saturated heterocycles. The molecule has 0 radical (unpaired) electrons. The summed E-state index contributed by atoms with van der Waals surface area (Å²) >= 11 is 0. The fourth-order valence-corrected chi connectivity index (χ4v) is 2.00. The highest BCUT2D eigenvalue weighted by molar-refractivity contribution is 5.49. The minimum atomic E-state index is 0.234. The molecule has 1 heterocycles. The summed E-state index contributed by atoms with van der Waals surface area (Å²) in [5, 5.41) is 3.49. The summed E-state index contributed by atoms with van der Waals surface area (Å²) in [7, 11) is 0. The lowest BCUT2D eigenvalue weighted by Crippen LogP contribution is -2.08. The average molecular weight is 270 g/mol. The molecule has 0 bridgehead atoms. The number of hydrogen-bond acceptors (Lipinski definition) is 3. The SMILES string of the molecule is CCCOc1ccc(C(C)Nc2cnccc2C)cc1. The third-order valence-electron chi connectivity index (χ3n) is 3.26. The van der Waals surface area contributed by atoms with Crippen molar-refractivity contribution in [3.63, 3.8) is 0 Å².